The lowest BCUT2D eigenvalue weighted by Crippen LogP contribution is -2.47. The van der Waals surface area contributed by atoms with E-state index in [0.717, 1.165) is 37.0 Å². The Kier molecular flexibility index (Phi) is 7.30. The molecule has 0 aliphatic heterocycles. The van der Waals surface area contributed by atoms with Crippen LogP contribution in [0.1, 0.15) is 48.4 Å². The Balaban J connectivity index is 1.53. The van der Waals surface area contributed by atoms with Crippen LogP contribution in [0.3, 0.4) is 0 Å². The van der Waals surface area contributed by atoms with Crippen LogP contribution >= 0.6 is 0 Å². The highest BCUT2D eigenvalue weighted by Gasteiger charge is 2.38. The molecule has 172 valence electrons. The summed E-state index contributed by atoms with van der Waals surface area (Å²) in [4.78, 5) is 11.3. The van der Waals surface area contributed by atoms with Gasteiger partial charge in [-0.15, -0.1) is 0 Å². The second-order valence-electron chi connectivity index (χ2n) is 8.87. The third kappa shape index (κ3) is 5.55. The van der Waals surface area contributed by atoms with E-state index in [1.54, 1.807) is 7.11 Å². The monoisotopic (exact) mass is 444 g/mol. The number of ether oxygens (including phenoxy) is 1. The maximum Gasteiger partial charge on any atom is 0.404 e. The third-order valence-corrected chi connectivity index (χ3v) is 6.87. The zero-order valence-electron chi connectivity index (χ0n) is 19.0. The van der Waals surface area contributed by atoms with E-state index < -0.39 is 6.09 Å². The number of carboxylic acid groups (broad SMARTS) is 1. The van der Waals surface area contributed by atoms with Gasteiger partial charge in [0, 0.05) is 18.0 Å². The van der Waals surface area contributed by atoms with Crippen LogP contribution in [0.2, 0.25) is 0 Å². The summed E-state index contributed by atoms with van der Waals surface area (Å²) >= 11 is 0. The predicted octanol–water partition coefficient (Wildman–Crippen LogP) is 5.52. The second kappa shape index (κ2) is 10.5. The van der Waals surface area contributed by atoms with E-state index in [4.69, 9.17) is 4.74 Å². The van der Waals surface area contributed by atoms with Crippen molar-refractivity contribution in [2.45, 2.75) is 43.2 Å². The molecule has 0 aromatic heterocycles. The van der Waals surface area contributed by atoms with Crippen LogP contribution in [0.5, 0.6) is 5.75 Å². The molecule has 4 rings (SSSR count). The van der Waals surface area contributed by atoms with Gasteiger partial charge < -0.3 is 20.5 Å². The minimum absolute atomic E-state index is 0.124. The summed E-state index contributed by atoms with van der Waals surface area (Å²) in [6.07, 6.45) is 2.75. The molecule has 0 radical (unpaired) electrons. The Morgan fingerprint density at radius 1 is 0.970 bits per heavy atom. The fourth-order valence-corrected chi connectivity index (χ4v) is 5.01. The molecule has 0 saturated heterocycles. The van der Waals surface area contributed by atoms with Crippen LogP contribution in [0.4, 0.5) is 4.79 Å². The standard InChI is InChI=1S/C28H32N2O3/c1-33-25-14-8-13-23(19-25)28(20-29-27(31)32)17-15-24(16-18-28)30-26(21-9-4-2-5-10-21)22-11-6-3-7-12-22/h2-14,19,24,26,29-30H,15-18,20H2,1H3,(H,31,32). The van der Waals surface area contributed by atoms with Crippen LogP contribution in [0.25, 0.3) is 0 Å². The lowest BCUT2D eigenvalue weighted by molar-refractivity contribution is 0.182. The van der Waals surface area contributed by atoms with E-state index >= 15 is 0 Å². The molecule has 0 bridgehead atoms. The Hall–Kier alpha value is -3.31. The van der Waals surface area contributed by atoms with E-state index in [0.29, 0.717) is 12.6 Å². The van der Waals surface area contributed by atoms with Gasteiger partial charge in [0.2, 0.25) is 0 Å². The summed E-state index contributed by atoms with van der Waals surface area (Å²) in [7, 11) is 1.66. The van der Waals surface area contributed by atoms with Crippen molar-refractivity contribution < 1.29 is 14.6 Å². The zero-order valence-corrected chi connectivity index (χ0v) is 19.0. The molecule has 5 heteroatoms. The van der Waals surface area contributed by atoms with E-state index in [9.17, 15) is 9.90 Å². The first kappa shape index (κ1) is 22.9. The van der Waals surface area contributed by atoms with Gasteiger partial charge in [0.05, 0.1) is 13.2 Å². The van der Waals surface area contributed by atoms with Gasteiger partial charge in [0.15, 0.2) is 0 Å². The SMILES string of the molecule is COc1cccc(C2(CNC(=O)O)CCC(NC(c3ccccc3)c3ccccc3)CC2)c1. The van der Waals surface area contributed by atoms with Gasteiger partial charge in [-0.2, -0.15) is 0 Å². The molecule has 1 amide bonds. The van der Waals surface area contributed by atoms with Crippen LogP contribution < -0.4 is 15.4 Å². The summed E-state index contributed by atoms with van der Waals surface area (Å²) in [5, 5.41) is 15.8. The molecule has 0 unspecified atom stereocenters. The van der Waals surface area contributed by atoms with E-state index in [2.05, 4.69) is 65.2 Å². The van der Waals surface area contributed by atoms with Gasteiger partial charge in [-0.05, 0) is 54.5 Å². The van der Waals surface area contributed by atoms with Crippen LogP contribution in [-0.4, -0.2) is 30.9 Å². The van der Waals surface area contributed by atoms with Crippen molar-refractivity contribution in [3.8, 4) is 5.75 Å². The summed E-state index contributed by atoms with van der Waals surface area (Å²) < 4.78 is 5.44. The number of hydrogen-bond donors (Lipinski definition) is 3. The first-order valence-corrected chi connectivity index (χ1v) is 11.6. The van der Waals surface area contributed by atoms with Gasteiger partial charge in [0.1, 0.15) is 5.75 Å². The molecule has 0 atom stereocenters. The van der Waals surface area contributed by atoms with Crippen LogP contribution in [0, 0.1) is 0 Å². The molecule has 3 N–H and O–H groups in total. The van der Waals surface area contributed by atoms with Crippen LogP contribution in [0.15, 0.2) is 84.9 Å². The number of amides is 1. The molecule has 1 aliphatic rings. The average Bonchev–Trinajstić information content (AvgIpc) is 2.88. The van der Waals surface area contributed by atoms with Crippen molar-refractivity contribution in [1.82, 2.24) is 10.6 Å². The van der Waals surface area contributed by atoms with Gasteiger partial charge in [-0.25, -0.2) is 4.79 Å². The third-order valence-electron chi connectivity index (χ3n) is 6.87. The number of carbonyl (C=O) groups is 1. The van der Waals surface area contributed by atoms with E-state index in [1.807, 2.05) is 30.3 Å². The number of methoxy groups -OCH3 is 1. The van der Waals surface area contributed by atoms with E-state index in [1.165, 1.54) is 11.1 Å². The quantitative estimate of drug-likeness (QED) is 0.428. The molecule has 1 fully saturated rings. The lowest BCUT2D eigenvalue weighted by Gasteiger charge is -2.42. The molecule has 1 saturated carbocycles. The van der Waals surface area contributed by atoms with E-state index in [-0.39, 0.29) is 11.5 Å². The van der Waals surface area contributed by atoms with Gasteiger partial charge in [0.25, 0.3) is 0 Å². The average molecular weight is 445 g/mol. The first-order valence-electron chi connectivity index (χ1n) is 11.6. The smallest absolute Gasteiger partial charge is 0.404 e. The molecule has 0 heterocycles. The number of nitrogens with one attached hydrogen (secondary N) is 2. The molecule has 33 heavy (non-hydrogen) atoms. The van der Waals surface area contributed by atoms with Crippen molar-refractivity contribution in [2.75, 3.05) is 13.7 Å². The van der Waals surface area contributed by atoms with Gasteiger partial charge in [-0.3, -0.25) is 0 Å². The second-order valence-corrected chi connectivity index (χ2v) is 8.87. The Labute approximate surface area is 195 Å². The number of rotatable bonds is 8. The Bertz CT molecular complexity index is 992. The minimum atomic E-state index is -0.981. The van der Waals surface area contributed by atoms with Gasteiger partial charge >= 0.3 is 6.09 Å². The molecule has 5 nitrogen and oxygen atoms in total. The lowest BCUT2D eigenvalue weighted by atomic mass is 9.68. The largest absolute Gasteiger partial charge is 0.497 e. The topological polar surface area (TPSA) is 70.6 Å². The molecule has 3 aromatic carbocycles. The Morgan fingerprint density at radius 2 is 1.58 bits per heavy atom. The van der Waals surface area contributed by atoms with Crippen molar-refractivity contribution >= 4 is 6.09 Å². The molecule has 0 spiro atoms. The summed E-state index contributed by atoms with van der Waals surface area (Å²) in [6, 6.07) is 29.6. The predicted molar refractivity (Wildman–Crippen MR) is 131 cm³/mol. The van der Waals surface area contributed by atoms with Crippen molar-refractivity contribution in [1.29, 1.82) is 0 Å². The molecular formula is C28H32N2O3. The molecule has 3 aromatic rings. The summed E-state index contributed by atoms with van der Waals surface area (Å²) in [5.74, 6) is 0.802. The zero-order chi connectivity index (χ0) is 23.1. The van der Waals surface area contributed by atoms with Crippen LogP contribution in [-0.2, 0) is 5.41 Å². The van der Waals surface area contributed by atoms with Gasteiger partial charge in [-0.1, -0.05) is 72.8 Å². The molecule has 1 aliphatic carbocycles. The summed E-state index contributed by atoms with van der Waals surface area (Å²) in [6.45, 7) is 0.406. The normalized spacial score (nSPS) is 20.4. The summed E-state index contributed by atoms with van der Waals surface area (Å²) in [5.41, 5.74) is 3.40. The maximum absolute atomic E-state index is 11.3. The Morgan fingerprint density at radius 3 is 2.12 bits per heavy atom. The fraction of sp³-hybridized carbons (Fsp3) is 0.321. The number of hydrogen-bond acceptors (Lipinski definition) is 3. The minimum Gasteiger partial charge on any atom is -0.497 e. The van der Waals surface area contributed by atoms with Crippen molar-refractivity contribution in [3.05, 3.63) is 102 Å². The fourth-order valence-electron chi connectivity index (χ4n) is 5.01. The maximum atomic E-state index is 11.3. The van der Waals surface area contributed by atoms with Crippen molar-refractivity contribution in [2.24, 2.45) is 0 Å². The highest BCUT2D eigenvalue weighted by Crippen LogP contribution is 2.41. The molecular weight excluding hydrogens is 412 g/mol. The highest BCUT2D eigenvalue weighted by atomic mass is 16.5. The highest BCUT2D eigenvalue weighted by molar-refractivity contribution is 5.64. The van der Waals surface area contributed by atoms with Crippen molar-refractivity contribution in [3.63, 3.8) is 0 Å². The number of benzene rings is 3. The first-order chi connectivity index (χ1) is 16.1.